The molecule has 2 aromatic carbocycles. The van der Waals surface area contributed by atoms with Gasteiger partial charge in [0.1, 0.15) is 0 Å². The Bertz CT molecular complexity index is 602. The second kappa shape index (κ2) is 3.77. The Labute approximate surface area is 99.0 Å². The summed E-state index contributed by atoms with van der Waals surface area (Å²) in [6.45, 7) is 0.614. The molecule has 1 aliphatic heterocycles. The number of rotatable bonds is 2. The van der Waals surface area contributed by atoms with Crippen molar-refractivity contribution < 1.29 is 14.3 Å². The van der Waals surface area contributed by atoms with E-state index in [1.54, 1.807) is 7.11 Å². The molecule has 1 aliphatic rings. The van der Waals surface area contributed by atoms with Gasteiger partial charge in [-0.05, 0) is 5.39 Å². The molecule has 0 bridgehead atoms. The normalized spacial score (nSPS) is 13.2. The van der Waals surface area contributed by atoms with Crippen molar-refractivity contribution >= 4 is 17.1 Å². The highest BCUT2D eigenvalue weighted by atomic mass is 16.5. The molecule has 0 amide bonds. The number of aldehydes is 1. The van der Waals surface area contributed by atoms with Crippen LogP contribution in [0.1, 0.15) is 15.9 Å². The Kier molecular flexibility index (Phi) is 2.25. The van der Waals surface area contributed by atoms with E-state index < -0.39 is 0 Å². The first-order valence-corrected chi connectivity index (χ1v) is 5.56. The summed E-state index contributed by atoms with van der Waals surface area (Å²) in [7, 11) is 1.63. The predicted octanol–water partition coefficient (Wildman–Crippen LogP) is 2.60. The number of benzene rings is 2. The Morgan fingerprint density at radius 1 is 1.29 bits per heavy atom. The van der Waals surface area contributed by atoms with Gasteiger partial charge in [-0.25, -0.2) is 0 Å². The quantitative estimate of drug-likeness (QED) is 0.741. The van der Waals surface area contributed by atoms with Crippen LogP contribution in [0, 0.1) is 0 Å². The van der Waals surface area contributed by atoms with Crippen molar-refractivity contribution in [2.75, 3.05) is 13.7 Å². The maximum Gasteiger partial charge on any atom is 0.168 e. The van der Waals surface area contributed by atoms with Crippen LogP contribution in [0.15, 0.2) is 24.3 Å². The van der Waals surface area contributed by atoms with Gasteiger partial charge in [0.2, 0.25) is 0 Å². The van der Waals surface area contributed by atoms with Gasteiger partial charge < -0.3 is 9.47 Å². The number of ether oxygens (including phenoxy) is 2. The highest BCUT2D eigenvalue weighted by molar-refractivity contribution is 6.04. The number of fused-ring (bicyclic) bond motifs is 2. The highest BCUT2D eigenvalue weighted by Crippen LogP contribution is 2.43. The van der Waals surface area contributed by atoms with E-state index in [4.69, 9.17) is 9.47 Å². The van der Waals surface area contributed by atoms with Crippen LogP contribution < -0.4 is 9.47 Å². The van der Waals surface area contributed by atoms with Crippen molar-refractivity contribution in [2.24, 2.45) is 0 Å². The van der Waals surface area contributed by atoms with Crippen LogP contribution in [0.4, 0.5) is 0 Å². The Morgan fingerprint density at radius 3 is 2.76 bits per heavy atom. The summed E-state index contributed by atoms with van der Waals surface area (Å²) >= 11 is 0. The van der Waals surface area contributed by atoms with Gasteiger partial charge in [0.05, 0.1) is 13.7 Å². The molecule has 0 saturated heterocycles. The van der Waals surface area contributed by atoms with Crippen LogP contribution in [0.2, 0.25) is 0 Å². The van der Waals surface area contributed by atoms with Crippen LogP contribution in [0.5, 0.6) is 11.5 Å². The smallest absolute Gasteiger partial charge is 0.168 e. The molecular formula is C14H12O3. The number of hydrogen-bond donors (Lipinski definition) is 0. The summed E-state index contributed by atoms with van der Waals surface area (Å²) in [6.07, 6.45) is 1.68. The van der Waals surface area contributed by atoms with Crippen molar-refractivity contribution in [3.63, 3.8) is 0 Å². The first kappa shape index (κ1) is 10.1. The number of carbonyl (C=O) groups is 1. The summed E-state index contributed by atoms with van der Waals surface area (Å²) in [6, 6.07) is 7.75. The number of hydrogen-bond acceptors (Lipinski definition) is 3. The maximum absolute atomic E-state index is 11.3. The van der Waals surface area contributed by atoms with Gasteiger partial charge in [-0.2, -0.15) is 0 Å². The third-order valence-electron chi connectivity index (χ3n) is 3.19. The molecule has 0 spiro atoms. The molecule has 0 aromatic heterocycles. The van der Waals surface area contributed by atoms with E-state index in [0.717, 1.165) is 46.1 Å². The summed E-state index contributed by atoms with van der Waals surface area (Å²) in [4.78, 5) is 11.3. The first-order valence-electron chi connectivity index (χ1n) is 5.56. The van der Waals surface area contributed by atoms with Gasteiger partial charge in [0, 0.05) is 22.9 Å². The van der Waals surface area contributed by atoms with E-state index in [9.17, 15) is 4.79 Å². The molecule has 0 unspecified atom stereocenters. The first-order chi connectivity index (χ1) is 8.36. The van der Waals surface area contributed by atoms with Gasteiger partial charge in [-0.15, -0.1) is 0 Å². The molecule has 0 radical (unpaired) electrons. The van der Waals surface area contributed by atoms with Crippen molar-refractivity contribution in [1.29, 1.82) is 0 Å². The standard InChI is InChI=1S/C14H12O3/c1-16-13-10-5-3-2-4-9(10)12(8-15)11-6-7-17-14(11)13/h2-5,8H,6-7H2,1H3. The molecular weight excluding hydrogens is 216 g/mol. The van der Waals surface area contributed by atoms with Crippen LogP contribution in [-0.4, -0.2) is 20.0 Å². The highest BCUT2D eigenvalue weighted by Gasteiger charge is 2.24. The predicted molar refractivity (Wildman–Crippen MR) is 65.1 cm³/mol. The lowest BCUT2D eigenvalue weighted by Crippen LogP contribution is -1.95. The molecule has 0 saturated carbocycles. The molecule has 0 N–H and O–H groups in total. The van der Waals surface area contributed by atoms with Crippen LogP contribution in [0.3, 0.4) is 0 Å². The summed E-state index contributed by atoms with van der Waals surface area (Å²) in [5.41, 5.74) is 1.70. The lowest BCUT2D eigenvalue weighted by Gasteiger charge is -2.12. The van der Waals surface area contributed by atoms with Crippen molar-refractivity contribution in [2.45, 2.75) is 6.42 Å². The van der Waals surface area contributed by atoms with Crippen LogP contribution >= 0.6 is 0 Å². The summed E-state index contributed by atoms with van der Waals surface area (Å²) < 4.78 is 11.0. The minimum absolute atomic E-state index is 0.614. The minimum Gasteiger partial charge on any atom is -0.492 e. The second-order valence-electron chi connectivity index (χ2n) is 4.02. The lowest BCUT2D eigenvalue weighted by molar-refractivity contribution is 0.112. The van der Waals surface area contributed by atoms with E-state index in [-0.39, 0.29) is 0 Å². The van der Waals surface area contributed by atoms with Crippen LogP contribution in [0.25, 0.3) is 10.8 Å². The lowest BCUT2D eigenvalue weighted by atomic mass is 9.97. The molecule has 0 aliphatic carbocycles. The van der Waals surface area contributed by atoms with E-state index in [2.05, 4.69) is 0 Å². The molecule has 3 rings (SSSR count). The van der Waals surface area contributed by atoms with Crippen molar-refractivity contribution in [3.8, 4) is 11.5 Å². The Balaban J connectivity index is 2.50. The van der Waals surface area contributed by atoms with E-state index in [0.29, 0.717) is 6.61 Å². The largest absolute Gasteiger partial charge is 0.492 e. The number of methoxy groups -OCH3 is 1. The monoisotopic (exact) mass is 228 g/mol. The average molecular weight is 228 g/mol. The third-order valence-corrected chi connectivity index (χ3v) is 3.19. The molecule has 0 atom stereocenters. The van der Waals surface area contributed by atoms with Gasteiger partial charge in [0.25, 0.3) is 0 Å². The Morgan fingerprint density at radius 2 is 2.06 bits per heavy atom. The maximum atomic E-state index is 11.3. The SMILES string of the molecule is COc1c2c(c(C=O)c3ccccc13)CCO2. The van der Waals surface area contributed by atoms with E-state index >= 15 is 0 Å². The molecule has 3 heteroatoms. The molecule has 0 fully saturated rings. The minimum atomic E-state index is 0.614. The van der Waals surface area contributed by atoms with E-state index in [1.807, 2.05) is 24.3 Å². The van der Waals surface area contributed by atoms with E-state index in [1.165, 1.54) is 0 Å². The molecule has 86 valence electrons. The number of carbonyl (C=O) groups excluding carboxylic acids is 1. The topological polar surface area (TPSA) is 35.5 Å². The molecule has 1 heterocycles. The zero-order chi connectivity index (χ0) is 11.8. The summed E-state index contributed by atoms with van der Waals surface area (Å²) in [5, 5.41) is 1.86. The van der Waals surface area contributed by atoms with Crippen molar-refractivity contribution in [1.82, 2.24) is 0 Å². The fourth-order valence-corrected chi connectivity index (χ4v) is 2.45. The Hall–Kier alpha value is -2.03. The van der Waals surface area contributed by atoms with Crippen molar-refractivity contribution in [3.05, 3.63) is 35.4 Å². The second-order valence-corrected chi connectivity index (χ2v) is 4.02. The van der Waals surface area contributed by atoms with Gasteiger partial charge in [-0.3, -0.25) is 4.79 Å². The molecule has 2 aromatic rings. The zero-order valence-corrected chi connectivity index (χ0v) is 9.53. The fourth-order valence-electron chi connectivity index (χ4n) is 2.45. The van der Waals surface area contributed by atoms with Gasteiger partial charge in [-0.1, -0.05) is 24.3 Å². The van der Waals surface area contributed by atoms with Gasteiger partial charge >= 0.3 is 0 Å². The van der Waals surface area contributed by atoms with Gasteiger partial charge in [0.15, 0.2) is 17.8 Å². The van der Waals surface area contributed by atoms with Crippen LogP contribution in [-0.2, 0) is 6.42 Å². The molecule has 17 heavy (non-hydrogen) atoms. The average Bonchev–Trinajstić information content (AvgIpc) is 2.84. The molecule has 3 nitrogen and oxygen atoms in total. The zero-order valence-electron chi connectivity index (χ0n) is 9.53. The third kappa shape index (κ3) is 1.32. The fraction of sp³-hybridized carbons (Fsp3) is 0.214. The summed E-state index contributed by atoms with van der Waals surface area (Å²) in [5.74, 6) is 1.46.